The molecule has 116 valence electrons. The Labute approximate surface area is 136 Å². The molecule has 23 heavy (non-hydrogen) atoms. The molecule has 2 aromatic carbocycles. The first kappa shape index (κ1) is 14.3. The molecule has 2 aliphatic rings. The zero-order valence-corrected chi connectivity index (χ0v) is 12.9. The van der Waals surface area contributed by atoms with Gasteiger partial charge in [0.05, 0.1) is 5.92 Å². The molecule has 0 heterocycles. The van der Waals surface area contributed by atoms with Gasteiger partial charge in [-0.05, 0) is 47.3 Å². The maximum absolute atomic E-state index is 11.9. The van der Waals surface area contributed by atoms with Crippen LogP contribution in [0.15, 0.2) is 66.7 Å². The number of carboxylic acids is 1. The first-order chi connectivity index (χ1) is 11.2. The number of fused-ring (bicyclic) bond motifs is 2. The molecular weight excluding hydrogens is 284 g/mol. The van der Waals surface area contributed by atoms with Crippen LogP contribution in [0.2, 0.25) is 0 Å². The van der Waals surface area contributed by atoms with Crippen LogP contribution in [0.4, 0.5) is 0 Å². The molecule has 2 heteroatoms. The first-order valence-electron chi connectivity index (χ1n) is 8.29. The van der Waals surface area contributed by atoms with E-state index in [0.717, 1.165) is 29.5 Å². The minimum atomic E-state index is -0.691. The van der Waals surface area contributed by atoms with E-state index in [0.29, 0.717) is 11.8 Å². The molecule has 2 nitrogen and oxygen atoms in total. The third-order valence-corrected chi connectivity index (χ3v) is 5.40. The van der Waals surface area contributed by atoms with Crippen molar-refractivity contribution in [2.24, 2.45) is 17.8 Å². The summed E-state index contributed by atoms with van der Waals surface area (Å²) in [4.78, 5) is 11.9. The third-order valence-electron chi connectivity index (χ3n) is 5.40. The van der Waals surface area contributed by atoms with Gasteiger partial charge in [-0.2, -0.15) is 0 Å². The molecular formula is C21H20O2. The summed E-state index contributed by atoms with van der Waals surface area (Å²) in [6, 6.07) is 18.3. The number of carboxylic acid groups (broad SMARTS) is 1. The topological polar surface area (TPSA) is 37.3 Å². The average molecular weight is 304 g/mol. The van der Waals surface area contributed by atoms with Crippen LogP contribution in [-0.2, 0) is 4.79 Å². The van der Waals surface area contributed by atoms with Gasteiger partial charge in [-0.15, -0.1) is 0 Å². The molecule has 0 saturated heterocycles. The van der Waals surface area contributed by atoms with E-state index in [1.807, 2.05) is 42.5 Å². The van der Waals surface area contributed by atoms with E-state index in [2.05, 4.69) is 24.3 Å². The van der Waals surface area contributed by atoms with Crippen LogP contribution < -0.4 is 0 Å². The van der Waals surface area contributed by atoms with Crippen LogP contribution >= 0.6 is 0 Å². The molecule has 0 aliphatic heterocycles. The summed E-state index contributed by atoms with van der Waals surface area (Å²) in [5, 5.41) is 9.78. The summed E-state index contributed by atoms with van der Waals surface area (Å²) in [6.45, 7) is 0. The van der Waals surface area contributed by atoms with E-state index in [-0.39, 0.29) is 11.8 Å². The molecule has 0 spiro atoms. The second-order valence-electron chi connectivity index (χ2n) is 6.75. The Balaban J connectivity index is 1.63. The quantitative estimate of drug-likeness (QED) is 0.829. The van der Waals surface area contributed by atoms with Crippen LogP contribution in [0, 0.1) is 17.8 Å². The van der Waals surface area contributed by atoms with Gasteiger partial charge in [0.1, 0.15) is 0 Å². The summed E-state index contributed by atoms with van der Waals surface area (Å²) in [5.74, 6) is 0.193. The third kappa shape index (κ3) is 2.59. The Bertz CT molecular complexity index is 730. The fourth-order valence-corrected chi connectivity index (χ4v) is 4.29. The molecule has 1 saturated carbocycles. The minimum absolute atomic E-state index is 0.241. The fourth-order valence-electron chi connectivity index (χ4n) is 4.29. The number of aliphatic carboxylic acids is 1. The summed E-state index contributed by atoms with van der Waals surface area (Å²) < 4.78 is 0. The van der Waals surface area contributed by atoms with Crippen molar-refractivity contribution in [2.75, 3.05) is 0 Å². The van der Waals surface area contributed by atoms with Gasteiger partial charge in [-0.3, -0.25) is 4.79 Å². The number of hydrogen-bond donors (Lipinski definition) is 1. The van der Waals surface area contributed by atoms with Gasteiger partial charge in [-0.1, -0.05) is 66.7 Å². The van der Waals surface area contributed by atoms with Crippen LogP contribution in [-0.4, -0.2) is 11.1 Å². The molecule has 0 amide bonds. The lowest BCUT2D eigenvalue weighted by molar-refractivity contribution is -0.140. The van der Waals surface area contributed by atoms with Gasteiger partial charge in [0.25, 0.3) is 0 Å². The summed E-state index contributed by atoms with van der Waals surface area (Å²) in [6.07, 6.45) is 6.64. The van der Waals surface area contributed by atoms with Gasteiger partial charge in [0, 0.05) is 0 Å². The highest BCUT2D eigenvalue weighted by Crippen LogP contribution is 2.49. The van der Waals surface area contributed by atoms with Crippen molar-refractivity contribution in [1.29, 1.82) is 0 Å². The highest BCUT2D eigenvalue weighted by Gasteiger charge is 2.43. The van der Waals surface area contributed by atoms with Crippen molar-refractivity contribution >= 4 is 5.97 Å². The Morgan fingerprint density at radius 1 is 0.913 bits per heavy atom. The molecule has 4 rings (SSSR count). The van der Waals surface area contributed by atoms with E-state index in [4.69, 9.17) is 0 Å². The Hall–Kier alpha value is -2.35. The van der Waals surface area contributed by atoms with Crippen LogP contribution in [0.1, 0.15) is 24.3 Å². The SMILES string of the molecule is O=C(O)C(c1ccc(-c2ccccc2)cc1)C1CC2C=CC1C2. The summed E-state index contributed by atoms with van der Waals surface area (Å²) in [7, 11) is 0. The molecule has 0 radical (unpaired) electrons. The maximum Gasteiger partial charge on any atom is 0.311 e. The number of allylic oxidation sites excluding steroid dienone is 2. The Morgan fingerprint density at radius 2 is 1.61 bits per heavy atom. The molecule has 4 atom stereocenters. The molecule has 2 bridgehead atoms. The summed E-state index contributed by atoms with van der Waals surface area (Å²) >= 11 is 0. The van der Waals surface area contributed by atoms with E-state index >= 15 is 0 Å². The number of carbonyl (C=O) groups is 1. The van der Waals surface area contributed by atoms with Crippen LogP contribution in [0.5, 0.6) is 0 Å². The Morgan fingerprint density at radius 3 is 2.17 bits per heavy atom. The largest absolute Gasteiger partial charge is 0.481 e. The number of rotatable bonds is 4. The molecule has 2 aliphatic carbocycles. The predicted octanol–water partition coefficient (Wildman–Crippen LogP) is 4.73. The smallest absolute Gasteiger partial charge is 0.311 e. The van der Waals surface area contributed by atoms with Crippen molar-refractivity contribution in [3.8, 4) is 11.1 Å². The number of benzene rings is 2. The van der Waals surface area contributed by atoms with Crippen molar-refractivity contribution in [3.63, 3.8) is 0 Å². The van der Waals surface area contributed by atoms with E-state index in [1.165, 1.54) is 0 Å². The monoisotopic (exact) mass is 304 g/mol. The summed E-state index contributed by atoms with van der Waals surface area (Å²) in [5.41, 5.74) is 3.23. The van der Waals surface area contributed by atoms with Gasteiger partial charge in [-0.25, -0.2) is 0 Å². The zero-order valence-electron chi connectivity index (χ0n) is 12.9. The van der Waals surface area contributed by atoms with Crippen LogP contribution in [0.3, 0.4) is 0 Å². The fraction of sp³-hybridized carbons (Fsp3) is 0.286. The Kier molecular flexibility index (Phi) is 3.53. The maximum atomic E-state index is 11.9. The second kappa shape index (κ2) is 5.69. The molecule has 1 fully saturated rings. The van der Waals surface area contributed by atoms with Crippen molar-refractivity contribution in [3.05, 3.63) is 72.3 Å². The van der Waals surface area contributed by atoms with Crippen molar-refractivity contribution in [2.45, 2.75) is 18.8 Å². The van der Waals surface area contributed by atoms with Gasteiger partial charge in [0.15, 0.2) is 0 Å². The van der Waals surface area contributed by atoms with Crippen LogP contribution in [0.25, 0.3) is 11.1 Å². The lowest BCUT2D eigenvalue weighted by Gasteiger charge is -2.25. The first-order valence-corrected chi connectivity index (χ1v) is 8.29. The van der Waals surface area contributed by atoms with Gasteiger partial charge < -0.3 is 5.11 Å². The number of hydrogen-bond acceptors (Lipinski definition) is 1. The van der Waals surface area contributed by atoms with Crippen molar-refractivity contribution < 1.29 is 9.90 Å². The van der Waals surface area contributed by atoms with Gasteiger partial charge in [0.2, 0.25) is 0 Å². The van der Waals surface area contributed by atoms with E-state index in [9.17, 15) is 9.90 Å². The minimum Gasteiger partial charge on any atom is -0.481 e. The average Bonchev–Trinajstić information content (AvgIpc) is 3.19. The molecule has 2 aromatic rings. The lowest BCUT2D eigenvalue weighted by Crippen LogP contribution is -2.24. The molecule has 0 aromatic heterocycles. The standard InChI is InChI=1S/C21H20O2/c22-21(23)20(19-13-14-6-7-18(19)12-14)17-10-8-16(9-11-17)15-4-2-1-3-5-15/h1-11,14,18-20H,12-13H2,(H,22,23). The second-order valence-corrected chi connectivity index (χ2v) is 6.75. The zero-order chi connectivity index (χ0) is 15.8. The van der Waals surface area contributed by atoms with Crippen molar-refractivity contribution in [1.82, 2.24) is 0 Å². The van der Waals surface area contributed by atoms with E-state index in [1.54, 1.807) is 0 Å². The van der Waals surface area contributed by atoms with E-state index < -0.39 is 5.97 Å². The molecule has 4 unspecified atom stereocenters. The highest BCUT2D eigenvalue weighted by atomic mass is 16.4. The van der Waals surface area contributed by atoms with Gasteiger partial charge >= 0.3 is 5.97 Å². The highest BCUT2D eigenvalue weighted by molar-refractivity contribution is 5.77. The molecule has 1 N–H and O–H groups in total. The normalized spacial score (nSPS) is 26.3. The predicted molar refractivity (Wildman–Crippen MR) is 91.1 cm³/mol. The lowest BCUT2D eigenvalue weighted by atomic mass is 9.78.